The molecule has 3 aromatic heterocycles. The molecule has 0 unspecified atom stereocenters. The summed E-state index contributed by atoms with van der Waals surface area (Å²) in [5.41, 5.74) is 10.6. The van der Waals surface area contributed by atoms with Gasteiger partial charge in [0.15, 0.2) is 0 Å². The third kappa shape index (κ3) is 2.60. The van der Waals surface area contributed by atoms with Gasteiger partial charge in [-0.15, -0.1) is 0 Å². The van der Waals surface area contributed by atoms with Gasteiger partial charge in [-0.3, -0.25) is 8.80 Å². The van der Waals surface area contributed by atoms with Crippen molar-refractivity contribution >= 4 is 54.9 Å². The quantitative estimate of drug-likeness (QED) is 0.240. The van der Waals surface area contributed by atoms with E-state index < -0.39 is 0 Å². The van der Waals surface area contributed by atoms with Crippen molar-refractivity contribution in [2.24, 2.45) is 0 Å². The van der Waals surface area contributed by atoms with E-state index in [1.807, 2.05) is 0 Å². The van der Waals surface area contributed by atoms with Crippen molar-refractivity contribution < 1.29 is 0 Å². The van der Waals surface area contributed by atoms with E-state index in [1.54, 1.807) is 0 Å². The number of para-hydroxylation sites is 2. The highest BCUT2D eigenvalue weighted by Crippen LogP contribution is 2.41. The fourth-order valence-corrected chi connectivity index (χ4v) is 6.26. The van der Waals surface area contributed by atoms with E-state index in [4.69, 9.17) is 4.98 Å². The van der Waals surface area contributed by atoms with Crippen LogP contribution in [-0.2, 0) is 0 Å². The van der Waals surface area contributed by atoms with E-state index in [2.05, 4.69) is 136 Å². The molecule has 9 rings (SSSR count). The van der Waals surface area contributed by atoms with Gasteiger partial charge in [-0.1, -0.05) is 84.9 Å². The molecule has 0 fully saturated rings. The Morgan fingerprint density at radius 3 is 2.00 bits per heavy atom. The summed E-state index contributed by atoms with van der Waals surface area (Å²) in [6, 6.07) is 45.9. The average molecular weight is 484 g/mol. The average Bonchev–Trinajstić information content (AvgIpc) is 3.62. The first-order valence-corrected chi connectivity index (χ1v) is 13.0. The van der Waals surface area contributed by atoms with E-state index in [-0.39, 0.29) is 0 Å². The first kappa shape index (κ1) is 20.0. The number of aromatic nitrogens is 3. The molecule has 0 N–H and O–H groups in total. The molecule has 9 aromatic rings. The molecule has 0 saturated carbocycles. The second kappa shape index (κ2) is 7.21. The Labute approximate surface area is 218 Å². The molecule has 0 aliphatic rings. The minimum Gasteiger partial charge on any atom is -0.277 e. The molecule has 6 aromatic carbocycles. The van der Waals surface area contributed by atoms with Crippen molar-refractivity contribution in [3.05, 3.63) is 127 Å². The first-order chi connectivity index (χ1) is 18.8. The smallest absolute Gasteiger partial charge is 0.220 e. The summed E-state index contributed by atoms with van der Waals surface area (Å²) >= 11 is 0. The predicted molar refractivity (Wildman–Crippen MR) is 158 cm³/mol. The first-order valence-electron chi connectivity index (χ1n) is 13.0. The zero-order valence-electron chi connectivity index (χ0n) is 20.5. The molecule has 3 heteroatoms. The Balaban J connectivity index is 1.45. The van der Waals surface area contributed by atoms with Crippen LogP contribution in [0.3, 0.4) is 0 Å². The molecule has 0 spiro atoms. The van der Waals surface area contributed by atoms with Crippen LogP contribution in [0.25, 0.3) is 77.2 Å². The van der Waals surface area contributed by atoms with Crippen LogP contribution < -0.4 is 0 Å². The normalized spacial score (nSPS) is 12.2. The zero-order valence-corrected chi connectivity index (χ0v) is 20.5. The highest BCUT2D eigenvalue weighted by Gasteiger charge is 2.22. The van der Waals surface area contributed by atoms with Crippen molar-refractivity contribution in [3.8, 4) is 22.3 Å². The van der Waals surface area contributed by atoms with Gasteiger partial charge in [0.1, 0.15) is 0 Å². The molecule has 0 radical (unpaired) electrons. The van der Waals surface area contributed by atoms with Crippen LogP contribution in [0.5, 0.6) is 0 Å². The van der Waals surface area contributed by atoms with Crippen molar-refractivity contribution in [1.29, 1.82) is 0 Å². The van der Waals surface area contributed by atoms with Gasteiger partial charge in [0, 0.05) is 10.8 Å². The maximum atomic E-state index is 5.12. The van der Waals surface area contributed by atoms with Crippen LogP contribution in [0.1, 0.15) is 0 Å². The van der Waals surface area contributed by atoms with Gasteiger partial charge in [0.05, 0.1) is 27.6 Å². The van der Waals surface area contributed by atoms with E-state index in [1.165, 1.54) is 60.3 Å². The maximum absolute atomic E-state index is 5.12. The minimum absolute atomic E-state index is 0.965. The van der Waals surface area contributed by atoms with Crippen molar-refractivity contribution in [1.82, 2.24) is 13.8 Å². The van der Waals surface area contributed by atoms with Gasteiger partial charge in [-0.25, -0.2) is 4.98 Å². The van der Waals surface area contributed by atoms with Gasteiger partial charge in [-0.05, 0) is 75.5 Å². The van der Waals surface area contributed by atoms with Gasteiger partial charge in [0.25, 0.3) is 0 Å². The standard InChI is InChI=1S/C35H21N3/c1-2-9-22(10-3-1)23-13-8-14-24(17-23)27-19-29-28-18-25-11-4-5-12-26(25)20-32(28)38-34(29)33(21-27)37-31-16-7-6-15-30(31)36-35(37)38/h1-21H. The molecule has 38 heavy (non-hydrogen) atoms. The third-order valence-electron chi connectivity index (χ3n) is 8.00. The van der Waals surface area contributed by atoms with Crippen LogP contribution in [0, 0.1) is 0 Å². The lowest BCUT2D eigenvalue weighted by molar-refractivity contribution is 1.22. The summed E-state index contributed by atoms with van der Waals surface area (Å²) in [6.07, 6.45) is 0. The highest BCUT2D eigenvalue weighted by atomic mass is 15.2. The Bertz CT molecular complexity index is 2340. The molecule has 0 aliphatic heterocycles. The summed E-state index contributed by atoms with van der Waals surface area (Å²) in [5.74, 6) is 0.965. The van der Waals surface area contributed by atoms with Crippen LogP contribution >= 0.6 is 0 Å². The summed E-state index contributed by atoms with van der Waals surface area (Å²) in [6.45, 7) is 0. The topological polar surface area (TPSA) is 21.7 Å². The summed E-state index contributed by atoms with van der Waals surface area (Å²) in [5, 5.41) is 5.02. The Morgan fingerprint density at radius 1 is 0.421 bits per heavy atom. The Morgan fingerprint density at radius 2 is 1.13 bits per heavy atom. The monoisotopic (exact) mass is 483 g/mol. The molecule has 0 amide bonds. The van der Waals surface area contributed by atoms with Gasteiger partial charge < -0.3 is 0 Å². The second-order valence-corrected chi connectivity index (χ2v) is 10.1. The van der Waals surface area contributed by atoms with E-state index in [0.717, 1.165) is 16.8 Å². The maximum Gasteiger partial charge on any atom is 0.220 e. The number of benzene rings is 6. The summed E-state index contributed by atoms with van der Waals surface area (Å²) in [7, 11) is 0. The summed E-state index contributed by atoms with van der Waals surface area (Å²) < 4.78 is 4.69. The molecule has 176 valence electrons. The molecule has 0 bridgehead atoms. The molecule has 3 heterocycles. The number of hydrogen-bond donors (Lipinski definition) is 0. The van der Waals surface area contributed by atoms with Crippen LogP contribution in [0.2, 0.25) is 0 Å². The Hall–Kier alpha value is -5.15. The fraction of sp³-hybridized carbons (Fsp3) is 0. The van der Waals surface area contributed by atoms with Gasteiger partial charge in [0.2, 0.25) is 5.78 Å². The van der Waals surface area contributed by atoms with E-state index in [9.17, 15) is 0 Å². The van der Waals surface area contributed by atoms with Crippen molar-refractivity contribution in [2.45, 2.75) is 0 Å². The lowest BCUT2D eigenvalue weighted by atomic mass is 9.97. The molecular formula is C35H21N3. The third-order valence-corrected chi connectivity index (χ3v) is 8.00. The molecule has 3 nitrogen and oxygen atoms in total. The SMILES string of the molecule is c1ccc(-c2cccc(-c3cc4c5cc6ccccc6cc5n5c4c(c3)n3c4ccccc4nc35)c2)cc1. The summed E-state index contributed by atoms with van der Waals surface area (Å²) in [4.78, 5) is 5.12. The highest BCUT2D eigenvalue weighted by molar-refractivity contribution is 6.19. The number of fused-ring (bicyclic) bond motifs is 9. The van der Waals surface area contributed by atoms with Crippen molar-refractivity contribution in [3.63, 3.8) is 0 Å². The minimum atomic E-state index is 0.965. The van der Waals surface area contributed by atoms with E-state index in [0.29, 0.717) is 0 Å². The van der Waals surface area contributed by atoms with Crippen molar-refractivity contribution in [2.75, 3.05) is 0 Å². The lowest BCUT2D eigenvalue weighted by Gasteiger charge is -2.08. The predicted octanol–water partition coefficient (Wildman–Crippen LogP) is 8.97. The molecule has 0 saturated heterocycles. The Kier molecular flexibility index (Phi) is 3.79. The second-order valence-electron chi connectivity index (χ2n) is 10.1. The number of nitrogens with zero attached hydrogens (tertiary/aromatic N) is 3. The van der Waals surface area contributed by atoms with E-state index >= 15 is 0 Å². The molecular weight excluding hydrogens is 462 g/mol. The van der Waals surface area contributed by atoms with Gasteiger partial charge >= 0.3 is 0 Å². The fourth-order valence-electron chi connectivity index (χ4n) is 6.26. The largest absolute Gasteiger partial charge is 0.277 e. The molecule has 0 aliphatic carbocycles. The van der Waals surface area contributed by atoms with Crippen LogP contribution in [0.4, 0.5) is 0 Å². The van der Waals surface area contributed by atoms with Crippen LogP contribution in [-0.4, -0.2) is 13.8 Å². The number of imidazole rings is 2. The number of hydrogen-bond acceptors (Lipinski definition) is 1. The number of rotatable bonds is 2. The zero-order chi connectivity index (χ0) is 24.8. The van der Waals surface area contributed by atoms with Gasteiger partial charge in [-0.2, -0.15) is 0 Å². The molecule has 0 atom stereocenters. The lowest BCUT2D eigenvalue weighted by Crippen LogP contribution is -1.86. The van der Waals surface area contributed by atoms with Crippen LogP contribution in [0.15, 0.2) is 127 Å².